The molecule has 0 radical (unpaired) electrons. The van der Waals surface area contributed by atoms with Crippen LogP contribution in [0.1, 0.15) is 17.5 Å². The number of benzene rings is 2. The molecule has 2 atom stereocenters. The molecule has 1 fully saturated rings. The lowest BCUT2D eigenvalue weighted by molar-refractivity contribution is 0.149. The summed E-state index contributed by atoms with van der Waals surface area (Å²) in [4.78, 5) is 2.44. The van der Waals surface area contributed by atoms with E-state index in [4.69, 9.17) is 28.9 Å². The van der Waals surface area contributed by atoms with E-state index in [0.29, 0.717) is 5.92 Å². The molecule has 0 aliphatic carbocycles. The summed E-state index contributed by atoms with van der Waals surface area (Å²) in [6.45, 7) is 2.91. The van der Waals surface area contributed by atoms with Crippen molar-refractivity contribution in [2.75, 3.05) is 13.1 Å². The second-order valence-electron chi connectivity index (χ2n) is 6.52. The fourth-order valence-electron chi connectivity index (χ4n) is 3.52. The molecule has 1 saturated heterocycles. The highest BCUT2D eigenvalue weighted by Gasteiger charge is 2.25. The molecule has 2 nitrogen and oxygen atoms in total. The Bertz CT molecular complexity index is 604. The Morgan fingerprint density at radius 2 is 1.61 bits per heavy atom. The zero-order valence-corrected chi connectivity index (χ0v) is 14.6. The second kappa shape index (κ2) is 7.67. The maximum Gasteiger partial charge on any atom is 0.0409 e. The van der Waals surface area contributed by atoms with Gasteiger partial charge in [-0.1, -0.05) is 47.5 Å². The summed E-state index contributed by atoms with van der Waals surface area (Å²) in [5.74, 6) is 0.566. The van der Waals surface area contributed by atoms with Gasteiger partial charge in [-0.15, -0.1) is 0 Å². The Labute approximate surface area is 148 Å². The van der Waals surface area contributed by atoms with Crippen molar-refractivity contribution in [3.63, 3.8) is 0 Å². The monoisotopic (exact) mass is 348 g/mol. The van der Waals surface area contributed by atoms with Crippen molar-refractivity contribution in [2.45, 2.75) is 25.4 Å². The van der Waals surface area contributed by atoms with Gasteiger partial charge < -0.3 is 5.73 Å². The van der Waals surface area contributed by atoms with Gasteiger partial charge >= 0.3 is 0 Å². The maximum atomic E-state index is 6.29. The molecule has 23 heavy (non-hydrogen) atoms. The molecule has 4 heteroatoms. The third-order valence-corrected chi connectivity index (χ3v) is 4.82. The topological polar surface area (TPSA) is 29.3 Å². The van der Waals surface area contributed by atoms with Crippen molar-refractivity contribution in [2.24, 2.45) is 11.7 Å². The van der Waals surface area contributed by atoms with Gasteiger partial charge in [0.25, 0.3) is 0 Å². The Morgan fingerprint density at radius 1 is 0.957 bits per heavy atom. The molecule has 0 amide bonds. The molecule has 2 aromatic carbocycles. The number of hydrogen-bond acceptors (Lipinski definition) is 2. The summed E-state index contributed by atoms with van der Waals surface area (Å²) in [5, 5.41) is 1.60. The Kier molecular flexibility index (Phi) is 5.60. The number of likely N-dealkylation sites (tertiary alicyclic amines) is 1. The van der Waals surface area contributed by atoms with Crippen molar-refractivity contribution in [1.82, 2.24) is 4.90 Å². The summed E-state index contributed by atoms with van der Waals surface area (Å²) in [6.07, 6.45) is 2.10. The largest absolute Gasteiger partial charge is 0.327 e. The lowest BCUT2D eigenvalue weighted by Crippen LogP contribution is -2.47. The van der Waals surface area contributed by atoms with Gasteiger partial charge in [0.1, 0.15) is 0 Å². The standard InChI is InChI=1S/C19H22Cl2N2/c20-17-5-1-3-14(8-17)7-16-10-19(22)13-23(12-16)11-15-4-2-6-18(21)9-15/h1-6,8-9,16,19H,7,10-13,22H2. The van der Waals surface area contributed by atoms with E-state index in [0.717, 1.165) is 42.5 Å². The number of piperidine rings is 1. The first-order valence-electron chi connectivity index (χ1n) is 8.05. The van der Waals surface area contributed by atoms with Crippen molar-refractivity contribution < 1.29 is 0 Å². The predicted octanol–water partition coefficient (Wildman–Crippen LogP) is 4.39. The molecule has 122 valence electrons. The highest BCUT2D eigenvalue weighted by molar-refractivity contribution is 6.30. The first-order valence-corrected chi connectivity index (χ1v) is 8.81. The highest BCUT2D eigenvalue weighted by atomic mass is 35.5. The summed E-state index contributed by atoms with van der Waals surface area (Å²) < 4.78 is 0. The smallest absolute Gasteiger partial charge is 0.0409 e. The van der Waals surface area contributed by atoms with Crippen LogP contribution < -0.4 is 5.73 Å². The second-order valence-corrected chi connectivity index (χ2v) is 7.39. The molecule has 3 rings (SSSR count). The molecular formula is C19H22Cl2N2. The van der Waals surface area contributed by atoms with Crippen LogP contribution in [-0.2, 0) is 13.0 Å². The normalized spacial score (nSPS) is 22.2. The fraction of sp³-hybridized carbons (Fsp3) is 0.368. The van der Waals surface area contributed by atoms with Gasteiger partial charge in [0.15, 0.2) is 0 Å². The van der Waals surface area contributed by atoms with Gasteiger partial charge in [0.2, 0.25) is 0 Å². The number of rotatable bonds is 4. The van der Waals surface area contributed by atoms with Crippen molar-refractivity contribution >= 4 is 23.2 Å². The molecular weight excluding hydrogens is 327 g/mol. The van der Waals surface area contributed by atoms with Gasteiger partial charge in [0, 0.05) is 35.7 Å². The van der Waals surface area contributed by atoms with Crippen LogP contribution >= 0.6 is 23.2 Å². The van der Waals surface area contributed by atoms with Crippen LogP contribution in [-0.4, -0.2) is 24.0 Å². The number of hydrogen-bond donors (Lipinski definition) is 1. The van der Waals surface area contributed by atoms with Crippen LogP contribution in [0.25, 0.3) is 0 Å². The van der Waals surface area contributed by atoms with E-state index in [1.807, 2.05) is 30.3 Å². The van der Waals surface area contributed by atoms with E-state index in [1.165, 1.54) is 11.1 Å². The third kappa shape index (κ3) is 4.95. The molecule has 2 unspecified atom stereocenters. The minimum atomic E-state index is 0.229. The number of halogens is 2. The predicted molar refractivity (Wildman–Crippen MR) is 98.0 cm³/mol. The van der Waals surface area contributed by atoms with Gasteiger partial charge in [-0.2, -0.15) is 0 Å². The zero-order valence-electron chi connectivity index (χ0n) is 13.1. The van der Waals surface area contributed by atoms with Crippen LogP contribution in [0, 0.1) is 5.92 Å². The average molecular weight is 349 g/mol. The molecule has 0 bridgehead atoms. The molecule has 0 spiro atoms. The Hall–Kier alpha value is -1.06. The first kappa shape index (κ1) is 16.8. The van der Waals surface area contributed by atoms with Crippen LogP contribution in [0.15, 0.2) is 48.5 Å². The molecule has 2 aromatic rings. The van der Waals surface area contributed by atoms with Crippen molar-refractivity contribution in [1.29, 1.82) is 0 Å². The molecule has 0 aromatic heterocycles. The maximum absolute atomic E-state index is 6.29. The van der Waals surface area contributed by atoms with E-state index in [9.17, 15) is 0 Å². The Morgan fingerprint density at radius 3 is 2.30 bits per heavy atom. The number of nitrogens with two attached hydrogens (primary N) is 1. The van der Waals surface area contributed by atoms with E-state index < -0.39 is 0 Å². The fourth-order valence-corrected chi connectivity index (χ4v) is 3.94. The van der Waals surface area contributed by atoms with Crippen LogP contribution in [0.4, 0.5) is 0 Å². The van der Waals surface area contributed by atoms with Gasteiger partial charge in [-0.3, -0.25) is 4.90 Å². The zero-order chi connectivity index (χ0) is 16.2. The molecule has 1 aliphatic heterocycles. The summed E-state index contributed by atoms with van der Waals surface area (Å²) in [7, 11) is 0. The van der Waals surface area contributed by atoms with Gasteiger partial charge in [-0.05, 0) is 54.2 Å². The quantitative estimate of drug-likeness (QED) is 0.887. The minimum Gasteiger partial charge on any atom is -0.327 e. The van der Waals surface area contributed by atoms with Crippen LogP contribution in [0.5, 0.6) is 0 Å². The lowest BCUT2D eigenvalue weighted by Gasteiger charge is -2.36. The first-order chi connectivity index (χ1) is 11.1. The average Bonchev–Trinajstić information content (AvgIpc) is 2.46. The molecule has 1 heterocycles. The van der Waals surface area contributed by atoms with Gasteiger partial charge in [-0.25, -0.2) is 0 Å². The van der Waals surface area contributed by atoms with E-state index >= 15 is 0 Å². The van der Waals surface area contributed by atoms with Crippen molar-refractivity contribution in [3.8, 4) is 0 Å². The van der Waals surface area contributed by atoms with E-state index in [2.05, 4.69) is 23.1 Å². The van der Waals surface area contributed by atoms with Crippen molar-refractivity contribution in [3.05, 3.63) is 69.7 Å². The van der Waals surface area contributed by atoms with Crippen LogP contribution in [0.2, 0.25) is 10.0 Å². The summed E-state index contributed by atoms with van der Waals surface area (Å²) >= 11 is 12.2. The van der Waals surface area contributed by atoms with Crippen LogP contribution in [0.3, 0.4) is 0 Å². The Balaban J connectivity index is 1.64. The molecule has 0 saturated carbocycles. The lowest BCUT2D eigenvalue weighted by atomic mass is 9.89. The SMILES string of the molecule is NC1CC(Cc2cccc(Cl)c2)CN(Cc2cccc(Cl)c2)C1. The van der Waals surface area contributed by atoms with E-state index in [1.54, 1.807) is 0 Å². The molecule has 2 N–H and O–H groups in total. The third-order valence-electron chi connectivity index (χ3n) is 4.35. The van der Waals surface area contributed by atoms with E-state index in [-0.39, 0.29) is 6.04 Å². The highest BCUT2D eigenvalue weighted by Crippen LogP contribution is 2.23. The molecule has 1 aliphatic rings. The summed E-state index contributed by atoms with van der Waals surface area (Å²) in [6, 6.07) is 16.4. The van der Waals surface area contributed by atoms with Gasteiger partial charge in [0.05, 0.1) is 0 Å². The number of nitrogens with zero attached hydrogens (tertiary/aromatic N) is 1. The summed E-state index contributed by atoms with van der Waals surface area (Å²) in [5.41, 5.74) is 8.82. The minimum absolute atomic E-state index is 0.229.